The van der Waals surface area contributed by atoms with Crippen LogP contribution in [0.2, 0.25) is 0 Å². The van der Waals surface area contributed by atoms with E-state index < -0.39 is 0 Å². The molecule has 8 rings (SSSR count). The molecule has 14 nitrogen and oxygen atoms in total. The number of benzene rings is 4. The molecule has 4 aliphatic rings. The van der Waals surface area contributed by atoms with Crippen molar-refractivity contribution in [3.63, 3.8) is 0 Å². The molecule has 65 heavy (non-hydrogen) atoms. The number of hydrogen-bond acceptors (Lipinski definition) is 12. The predicted molar refractivity (Wildman–Crippen MR) is 254 cm³/mol. The van der Waals surface area contributed by atoms with Crippen LogP contribution in [0.3, 0.4) is 0 Å². The number of methoxy groups -OCH3 is 2. The van der Waals surface area contributed by atoms with Crippen molar-refractivity contribution in [2.24, 2.45) is 0 Å². The SMILES string of the molecule is COc1ccc2c(c1)C=C(C(=O)NCCCCN1CCN(c3cccc(C#N)c3)CC1)CO2.COc1ccc2c(c1)C=C(C(=O)NCCCCN1CCN(c3cccc(O)c3)CC1)CO2. The van der Waals surface area contributed by atoms with Gasteiger partial charge in [0, 0.05) is 94.0 Å². The molecule has 342 valence electrons. The largest absolute Gasteiger partial charge is 0.508 e. The molecule has 4 aromatic rings. The molecule has 0 aromatic heterocycles. The van der Waals surface area contributed by atoms with Gasteiger partial charge in [-0.15, -0.1) is 0 Å². The highest BCUT2D eigenvalue weighted by atomic mass is 16.5. The van der Waals surface area contributed by atoms with Crippen LogP contribution in [0, 0.1) is 11.3 Å². The number of piperazine rings is 2. The van der Waals surface area contributed by atoms with Crippen molar-refractivity contribution < 1.29 is 33.6 Å². The lowest BCUT2D eigenvalue weighted by atomic mass is 10.1. The van der Waals surface area contributed by atoms with Gasteiger partial charge >= 0.3 is 0 Å². The number of carbonyl (C=O) groups excluding carboxylic acids is 2. The van der Waals surface area contributed by atoms with E-state index in [1.165, 1.54) is 0 Å². The number of aromatic hydroxyl groups is 1. The van der Waals surface area contributed by atoms with Crippen LogP contribution in [0.5, 0.6) is 28.7 Å². The summed E-state index contributed by atoms with van der Waals surface area (Å²) in [6, 6.07) is 28.7. The highest BCUT2D eigenvalue weighted by Gasteiger charge is 2.21. The van der Waals surface area contributed by atoms with E-state index in [0.717, 1.165) is 137 Å². The molecule has 4 aliphatic heterocycles. The van der Waals surface area contributed by atoms with E-state index >= 15 is 0 Å². The lowest BCUT2D eigenvalue weighted by Crippen LogP contribution is -2.46. The molecule has 0 atom stereocenters. The first kappa shape index (κ1) is 46.3. The second-order valence-corrected chi connectivity index (χ2v) is 16.5. The molecule has 4 heterocycles. The zero-order valence-corrected chi connectivity index (χ0v) is 37.6. The molecule has 2 amide bonds. The summed E-state index contributed by atoms with van der Waals surface area (Å²) in [6.45, 7) is 11.8. The summed E-state index contributed by atoms with van der Waals surface area (Å²) in [5.74, 6) is 3.19. The van der Waals surface area contributed by atoms with Crippen LogP contribution >= 0.6 is 0 Å². The van der Waals surface area contributed by atoms with Gasteiger partial charge in [-0.25, -0.2) is 0 Å². The minimum Gasteiger partial charge on any atom is -0.508 e. The van der Waals surface area contributed by atoms with Crippen LogP contribution in [0.25, 0.3) is 12.2 Å². The van der Waals surface area contributed by atoms with Gasteiger partial charge in [-0.1, -0.05) is 12.1 Å². The Morgan fingerprint density at radius 2 is 1.11 bits per heavy atom. The maximum atomic E-state index is 12.5. The Balaban J connectivity index is 0.000000194. The molecular formula is C51H61N7O7. The molecule has 2 saturated heterocycles. The van der Waals surface area contributed by atoms with Gasteiger partial charge in [0.05, 0.1) is 37.0 Å². The maximum Gasteiger partial charge on any atom is 0.250 e. The number of nitriles is 1. The predicted octanol–water partition coefficient (Wildman–Crippen LogP) is 5.96. The number of nitrogens with zero attached hydrogens (tertiary/aromatic N) is 5. The van der Waals surface area contributed by atoms with E-state index in [-0.39, 0.29) is 25.0 Å². The van der Waals surface area contributed by atoms with E-state index in [9.17, 15) is 14.7 Å². The smallest absolute Gasteiger partial charge is 0.250 e. The van der Waals surface area contributed by atoms with Gasteiger partial charge in [0.2, 0.25) is 0 Å². The first-order valence-electron chi connectivity index (χ1n) is 22.6. The average Bonchev–Trinajstić information content (AvgIpc) is 3.35. The van der Waals surface area contributed by atoms with Crippen molar-refractivity contribution in [2.45, 2.75) is 25.7 Å². The number of ether oxygens (including phenoxy) is 4. The summed E-state index contributed by atoms with van der Waals surface area (Å²) in [5.41, 5.74) is 5.90. The fourth-order valence-electron chi connectivity index (χ4n) is 8.30. The maximum absolute atomic E-state index is 12.5. The van der Waals surface area contributed by atoms with Crippen LogP contribution in [-0.2, 0) is 9.59 Å². The van der Waals surface area contributed by atoms with Crippen LogP contribution in [0.15, 0.2) is 96.1 Å². The minimum absolute atomic E-state index is 0.0711. The molecule has 0 spiro atoms. The molecule has 0 bridgehead atoms. The van der Waals surface area contributed by atoms with Crippen LogP contribution < -0.4 is 39.4 Å². The number of anilines is 2. The topological polar surface area (TPSA) is 152 Å². The highest BCUT2D eigenvalue weighted by molar-refractivity contribution is 5.99. The molecule has 0 saturated carbocycles. The average molecular weight is 884 g/mol. The first-order valence-corrected chi connectivity index (χ1v) is 22.6. The van der Waals surface area contributed by atoms with E-state index in [4.69, 9.17) is 24.2 Å². The van der Waals surface area contributed by atoms with Crippen LogP contribution in [0.4, 0.5) is 11.4 Å². The molecule has 3 N–H and O–H groups in total. The first-order chi connectivity index (χ1) is 31.8. The fourth-order valence-corrected chi connectivity index (χ4v) is 8.30. The number of nitrogens with one attached hydrogen (secondary N) is 2. The van der Waals surface area contributed by atoms with Crippen LogP contribution in [-0.4, -0.2) is 133 Å². The van der Waals surface area contributed by atoms with Crippen molar-refractivity contribution in [3.05, 3.63) is 113 Å². The Hall–Kier alpha value is -6.69. The lowest BCUT2D eigenvalue weighted by Gasteiger charge is -2.36. The van der Waals surface area contributed by atoms with Crippen molar-refractivity contribution in [1.29, 1.82) is 5.26 Å². The number of phenols is 1. The van der Waals surface area contributed by atoms with E-state index in [2.05, 4.69) is 42.4 Å². The molecular weight excluding hydrogens is 823 g/mol. The summed E-state index contributed by atoms with van der Waals surface area (Å²) in [4.78, 5) is 34.6. The Morgan fingerprint density at radius 3 is 1.57 bits per heavy atom. The van der Waals surface area contributed by atoms with Gasteiger partial charge in [0.25, 0.3) is 11.8 Å². The normalized spacial score (nSPS) is 15.8. The van der Waals surface area contributed by atoms with E-state index in [1.54, 1.807) is 20.3 Å². The summed E-state index contributed by atoms with van der Waals surface area (Å²) in [5, 5.41) is 24.8. The zero-order chi connectivity index (χ0) is 45.4. The lowest BCUT2D eigenvalue weighted by molar-refractivity contribution is -0.118. The van der Waals surface area contributed by atoms with Crippen molar-refractivity contribution in [3.8, 4) is 34.8 Å². The molecule has 0 radical (unpaired) electrons. The molecule has 2 fully saturated rings. The second-order valence-electron chi connectivity index (χ2n) is 16.5. The molecule has 14 heteroatoms. The van der Waals surface area contributed by atoms with E-state index in [0.29, 0.717) is 35.5 Å². The number of fused-ring (bicyclic) bond motifs is 2. The van der Waals surface area contributed by atoms with Gasteiger partial charge in [-0.05, 0) is 118 Å². The Bertz CT molecular complexity index is 2350. The van der Waals surface area contributed by atoms with Gasteiger partial charge in [-0.2, -0.15) is 5.26 Å². The molecule has 0 unspecified atom stereocenters. The van der Waals surface area contributed by atoms with Gasteiger partial charge in [0.1, 0.15) is 42.0 Å². The summed E-state index contributed by atoms with van der Waals surface area (Å²) in [7, 11) is 3.24. The van der Waals surface area contributed by atoms with E-state index in [1.807, 2.05) is 84.9 Å². The summed E-state index contributed by atoms with van der Waals surface area (Å²) < 4.78 is 21.9. The Morgan fingerprint density at radius 1 is 0.631 bits per heavy atom. The third-order valence-electron chi connectivity index (χ3n) is 12.1. The second kappa shape index (κ2) is 23.3. The number of amides is 2. The number of unbranched alkanes of at least 4 members (excludes halogenated alkanes) is 2. The number of phenolic OH excluding ortho intramolecular Hbond substituents is 1. The molecule has 4 aromatic carbocycles. The molecule has 0 aliphatic carbocycles. The minimum atomic E-state index is -0.0725. The standard InChI is InChI=1S/C26H30N4O3.C25H31N3O4/c1-32-24-7-8-25-21(17-24)16-22(19-33-25)26(31)28-9-2-3-10-29-11-13-30(14-12-29)23-6-4-5-20(15-23)18-27;1-31-23-7-8-24-19(16-23)15-20(18-32-24)25(30)26-9-2-3-10-27-11-13-28(14-12-27)21-5-4-6-22(29)17-21/h4-8,15-17H,2-3,9-14,19H2,1H3,(H,28,31);4-8,15-17,29H,2-3,9-14,18H2,1H3,(H,26,30). The van der Waals surface area contributed by atoms with Gasteiger partial charge in [-0.3, -0.25) is 19.4 Å². The highest BCUT2D eigenvalue weighted by Crippen LogP contribution is 2.31. The third kappa shape index (κ3) is 13.2. The van der Waals surface area contributed by atoms with Crippen molar-refractivity contribution in [1.82, 2.24) is 20.4 Å². The van der Waals surface area contributed by atoms with Gasteiger partial charge in [0.15, 0.2) is 0 Å². The van der Waals surface area contributed by atoms with Crippen molar-refractivity contribution in [2.75, 3.05) is 116 Å². The zero-order valence-electron chi connectivity index (χ0n) is 37.6. The monoisotopic (exact) mass is 883 g/mol. The number of rotatable bonds is 16. The quantitative estimate of drug-likeness (QED) is 0.114. The van der Waals surface area contributed by atoms with Crippen molar-refractivity contribution >= 4 is 35.3 Å². The number of hydrogen-bond donors (Lipinski definition) is 3. The fraction of sp³-hybridized carbons (Fsp3) is 0.392. The summed E-state index contributed by atoms with van der Waals surface area (Å²) >= 11 is 0. The Kier molecular flexibility index (Phi) is 16.6. The van der Waals surface area contributed by atoms with Crippen LogP contribution in [0.1, 0.15) is 42.4 Å². The summed E-state index contributed by atoms with van der Waals surface area (Å²) in [6.07, 6.45) is 7.72. The van der Waals surface area contributed by atoms with Gasteiger partial charge < -0.3 is 44.5 Å². The Labute approximate surface area is 382 Å². The number of carbonyl (C=O) groups is 2. The third-order valence-corrected chi connectivity index (χ3v) is 12.1.